The van der Waals surface area contributed by atoms with E-state index >= 15 is 0 Å². The molecular formula is C10H17N3O2. The summed E-state index contributed by atoms with van der Waals surface area (Å²) in [5, 5.41) is 7.18. The fraction of sp³-hybridized carbons (Fsp3) is 0.600. The number of nitrogens with one attached hydrogen (secondary N) is 1. The summed E-state index contributed by atoms with van der Waals surface area (Å²) in [6, 6.07) is -0.423. The Bertz CT molecular complexity index is 346. The van der Waals surface area contributed by atoms with E-state index in [1.54, 1.807) is 10.9 Å². The number of nitrogens with zero attached hydrogens (tertiary/aromatic N) is 2. The Morgan fingerprint density at radius 1 is 1.73 bits per heavy atom. The molecule has 0 spiro atoms. The van der Waals surface area contributed by atoms with E-state index in [9.17, 15) is 4.79 Å². The monoisotopic (exact) mass is 211 g/mol. The van der Waals surface area contributed by atoms with Crippen molar-refractivity contribution in [2.75, 3.05) is 13.7 Å². The van der Waals surface area contributed by atoms with Crippen LogP contribution in [0.15, 0.2) is 6.20 Å². The smallest absolute Gasteiger partial charge is 0.327 e. The van der Waals surface area contributed by atoms with Gasteiger partial charge in [0.1, 0.15) is 6.04 Å². The molecule has 1 atom stereocenters. The summed E-state index contributed by atoms with van der Waals surface area (Å²) in [7, 11) is 3.23. The Balaban J connectivity index is 2.98. The number of aryl methyl sites for hydroxylation is 1. The van der Waals surface area contributed by atoms with Crippen molar-refractivity contribution in [3.05, 3.63) is 17.5 Å². The van der Waals surface area contributed by atoms with Crippen LogP contribution in [-0.4, -0.2) is 29.4 Å². The number of ether oxygens (including phenoxy) is 1. The van der Waals surface area contributed by atoms with E-state index in [1.165, 1.54) is 7.11 Å². The Kier molecular flexibility index (Phi) is 3.85. The second kappa shape index (κ2) is 4.93. The van der Waals surface area contributed by atoms with Gasteiger partial charge in [-0.15, -0.1) is 0 Å². The van der Waals surface area contributed by atoms with Gasteiger partial charge in [0, 0.05) is 18.3 Å². The highest BCUT2D eigenvalue weighted by molar-refractivity contribution is 5.77. The maximum Gasteiger partial charge on any atom is 0.327 e. The van der Waals surface area contributed by atoms with Crippen LogP contribution in [0.2, 0.25) is 0 Å². The van der Waals surface area contributed by atoms with Crippen molar-refractivity contribution in [2.45, 2.75) is 19.9 Å². The van der Waals surface area contributed by atoms with Crippen LogP contribution in [0.3, 0.4) is 0 Å². The van der Waals surface area contributed by atoms with Gasteiger partial charge in [-0.1, -0.05) is 6.92 Å². The van der Waals surface area contributed by atoms with Gasteiger partial charge in [0.15, 0.2) is 0 Å². The number of hydrogen-bond donors (Lipinski definition) is 1. The summed E-state index contributed by atoms with van der Waals surface area (Å²) in [6.07, 6.45) is 1.69. The Hall–Kier alpha value is -1.36. The van der Waals surface area contributed by atoms with Crippen LogP contribution in [0.4, 0.5) is 0 Å². The van der Waals surface area contributed by atoms with E-state index in [0.29, 0.717) is 6.54 Å². The molecule has 0 saturated carbocycles. The summed E-state index contributed by atoms with van der Waals surface area (Å²) < 4.78 is 6.48. The number of esters is 1. The van der Waals surface area contributed by atoms with Gasteiger partial charge in [-0.25, -0.2) is 4.79 Å². The van der Waals surface area contributed by atoms with E-state index < -0.39 is 6.04 Å². The van der Waals surface area contributed by atoms with Gasteiger partial charge in [0.05, 0.1) is 13.3 Å². The van der Waals surface area contributed by atoms with Crippen molar-refractivity contribution in [1.29, 1.82) is 0 Å². The zero-order valence-electron chi connectivity index (χ0n) is 9.57. The van der Waals surface area contributed by atoms with Gasteiger partial charge in [0.2, 0.25) is 0 Å². The molecule has 84 valence electrons. The third-order valence-electron chi connectivity index (χ3n) is 2.43. The number of aromatic nitrogens is 2. The van der Waals surface area contributed by atoms with E-state index in [1.807, 2.05) is 20.9 Å². The molecule has 5 heteroatoms. The predicted octanol–water partition coefficient (Wildman–Crippen LogP) is 0.552. The average Bonchev–Trinajstić information content (AvgIpc) is 2.56. The SMILES string of the molecule is CCNC(C(=O)OC)c1cnn(C)c1C. The quantitative estimate of drug-likeness (QED) is 0.739. The molecule has 15 heavy (non-hydrogen) atoms. The van der Waals surface area contributed by atoms with Gasteiger partial charge >= 0.3 is 5.97 Å². The summed E-state index contributed by atoms with van der Waals surface area (Å²) >= 11 is 0. The molecule has 0 aliphatic carbocycles. The number of carbonyl (C=O) groups is 1. The van der Waals surface area contributed by atoms with Gasteiger partial charge in [-0.05, 0) is 13.5 Å². The maximum absolute atomic E-state index is 11.5. The molecule has 0 amide bonds. The Labute approximate surface area is 89.4 Å². The lowest BCUT2D eigenvalue weighted by molar-refractivity contribution is -0.143. The van der Waals surface area contributed by atoms with Gasteiger partial charge in [0.25, 0.3) is 0 Å². The Morgan fingerprint density at radius 3 is 2.80 bits per heavy atom. The fourth-order valence-electron chi connectivity index (χ4n) is 1.44. The molecule has 0 aliphatic heterocycles. The minimum atomic E-state index is -0.423. The average molecular weight is 211 g/mol. The molecule has 0 saturated heterocycles. The third kappa shape index (κ3) is 2.36. The normalized spacial score (nSPS) is 12.5. The van der Waals surface area contributed by atoms with Gasteiger partial charge in [-0.2, -0.15) is 5.10 Å². The minimum Gasteiger partial charge on any atom is -0.468 e. The molecular weight excluding hydrogens is 194 g/mol. The molecule has 0 radical (unpaired) electrons. The van der Waals surface area contributed by atoms with E-state index in [4.69, 9.17) is 4.74 Å². The lowest BCUT2D eigenvalue weighted by Crippen LogP contribution is -2.29. The topological polar surface area (TPSA) is 56.1 Å². The molecule has 5 nitrogen and oxygen atoms in total. The van der Waals surface area contributed by atoms with Crippen molar-refractivity contribution in [2.24, 2.45) is 7.05 Å². The molecule has 0 aromatic carbocycles. The second-order valence-electron chi connectivity index (χ2n) is 3.32. The zero-order valence-corrected chi connectivity index (χ0v) is 9.57. The standard InChI is InChI=1S/C10H17N3O2/c1-5-11-9(10(14)15-4)8-6-12-13(3)7(8)2/h6,9,11H,5H2,1-4H3. The van der Waals surface area contributed by atoms with Crippen LogP contribution in [0.5, 0.6) is 0 Å². The molecule has 1 heterocycles. The third-order valence-corrected chi connectivity index (χ3v) is 2.43. The van der Waals surface area contributed by atoms with Crippen molar-refractivity contribution < 1.29 is 9.53 Å². The van der Waals surface area contributed by atoms with E-state index in [0.717, 1.165) is 11.3 Å². The highest BCUT2D eigenvalue weighted by Gasteiger charge is 2.23. The lowest BCUT2D eigenvalue weighted by atomic mass is 10.1. The van der Waals surface area contributed by atoms with Crippen molar-refractivity contribution in [1.82, 2.24) is 15.1 Å². The first kappa shape index (κ1) is 11.7. The van der Waals surface area contributed by atoms with Crippen LogP contribution >= 0.6 is 0 Å². The van der Waals surface area contributed by atoms with Crippen molar-refractivity contribution in [3.8, 4) is 0 Å². The van der Waals surface area contributed by atoms with Gasteiger partial charge in [-0.3, -0.25) is 4.68 Å². The predicted molar refractivity (Wildman–Crippen MR) is 56.4 cm³/mol. The highest BCUT2D eigenvalue weighted by Crippen LogP contribution is 2.17. The molecule has 0 aliphatic rings. The first-order valence-corrected chi connectivity index (χ1v) is 4.91. The number of hydrogen-bond acceptors (Lipinski definition) is 4. The number of carbonyl (C=O) groups excluding carboxylic acids is 1. The minimum absolute atomic E-state index is 0.284. The van der Waals surface area contributed by atoms with Crippen LogP contribution in [0.25, 0.3) is 0 Å². The van der Waals surface area contributed by atoms with E-state index in [-0.39, 0.29) is 5.97 Å². The van der Waals surface area contributed by atoms with Crippen LogP contribution in [-0.2, 0) is 16.6 Å². The molecule has 1 aromatic rings. The number of methoxy groups -OCH3 is 1. The van der Waals surface area contributed by atoms with Crippen molar-refractivity contribution >= 4 is 5.97 Å². The maximum atomic E-state index is 11.5. The van der Waals surface area contributed by atoms with Gasteiger partial charge < -0.3 is 10.1 Å². The molecule has 1 unspecified atom stereocenters. The molecule has 0 fully saturated rings. The van der Waals surface area contributed by atoms with Crippen LogP contribution < -0.4 is 5.32 Å². The van der Waals surface area contributed by atoms with E-state index in [2.05, 4.69) is 10.4 Å². The first-order valence-electron chi connectivity index (χ1n) is 4.91. The molecule has 0 bridgehead atoms. The lowest BCUT2D eigenvalue weighted by Gasteiger charge is -2.14. The summed E-state index contributed by atoms with van der Waals surface area (Å²) in [5.41, 5.74) is 1.83. The Morgan fingerprint density at radius 2 is 2.40 bits per heavy atom. The number of likely N-dealkylation sites (N-methyl/N-ethyl adjacent to an activating group) is 1. The molecule has 1 N–H and O–H groups in total. The number of rotatable bonds is 4. The van der Waals surface area contributed by atoms with Crippen molar-refractivity contribution in [3.63, 3.8) is 0 Å². The second-order valence-corrected chi connectivity index (χ2v) is 3.32. The highest BCUT2D eigenvalue weighted by atomic mass is 16.5. The summed E-state index contributed by atoms with van der Waals surface area (Å²) in [4.78, 5) is 11.5. The fourth-order valence-corrected chi connectivity index (χ4v) is 1.44. The zero-order chi connectivity index (χ0) is 11.4. The largest absolute Gasteiger partial charge is 0.468 e. The molecule has 1 aromatic heterocycles. The molecule has 1 rings (SSSR count). The summed E-state index contributed by atoms with van der Waals surface area (Å²) in [5.74, 6) is -0.284. The summed E-state index contributed by atoms with van der Waals surface area (Å²) in [6.45, 7) is 4.57. The first-order chi connectivity index (χ1) is 7.11. The van der Waals surface area contributed by atoms with Crippen LogP contribution in [0.1, 0.15) is 24.2 Å². The van der Waals surface area contributed by atoms with Crippen LogP contribution in [0, 0.1) is 6.92 Å².